The maximum Gasteiger partial charge on any atom is 0.0646 e. The number of H-pyrrole nitrogens is 1. The number of hydrogen-bond acceptors (Lipinski definition) is 3. The number of hydrogen-bond donors (Lipinski definition) is 2. The highest BCUT2D eigenvalue weighted by Crippen LogP contribution is 2.39. The summed E-state index contributed by atoms with van der Waals surface area (Å²) in [7, 11) is 0. The Morgan fingerprint density at radius 1 is 1.07 bits per heavy atom. The normalized spacial score (nSPS) is 20.7. The molecule has 158 valence electrons. The van der Waals surface area contributed by atoms with Crippen molar-refractivity contribution in [3.05, 3.63) is 69.8 Å². The minimum Gasteiger partial charge on any atom is -0.357 e. The Kier molecular flexibility index (Phi) is 5.96. The van der Waals surface area contributed by atoms with Crippen molar-refractivity contribution >= 4 is 26.8 Å². The van der Waals surface area contributed by atoms with E-state index in [9.17, 15) is 0 Å². The van der Waals surface area contributed by atoms with E-state index >= 15 is 0 Å². The van der Waals surface area contributed by atoms with Crippen LogP contribution in [0.4, 0.5) is 0 Å². The first-order chi connectivity index (χ1) is 14.7. The molecule has 1 aliphatic carbocycles. The van der Waals surface area contributed by atoms with Gasteiger partial charge in [0.1, 0.15) is 0 Å². The molecule has 0 saturated carbocycles. The van der Waals surface area contributed by atoms with Gasteiger partial charge in [-0.1, -0.05) is 46.3 Å². The van der Waals surface area contributed by atoms with E-state index < -0.39 is 0 Å². The van der Waals surface area contributed by atoms with Crippen molar-refractivity contribution in [3.63, 3.8) is 0 Å². The number of nitrogens with one attached hydrogen (secondary N) is 1. The van der Waals surface area contributed by atoms with Crippen LogP contribution >= 0.6 is 15.9 Å². The molecule has 2 aliphatic rings. The van der Waals surface area contributed by atoms with Crippen molar-refractivity contribution in [2.24, 2.45) is 5.84 Å². The van der Waals surface area contributed by atoms with E-state index in [0.717, 1.165) is 56.2 Å². The van der Waals surface area contributed by atoms with Crippen LogP contribution in [0.2, 0.25) is 0 Å². The third-order valence-electron chi connectivity index (χ3n) is 7.04. The summed E-state index contributed by atoms with van der Waals surface area (Å²) in [6, 6.07) is 18.1. The molecule has 5 rings (SSSR count). The van der Waals surface area contributed by atoms with E-state index in [1.165, 1.54) is 34.1 Å². The van der Waals surface area contributed by atoms with Gasteiger partial charge in [0, 0.05) is 33.7 Å². The van der Waals surface area contributed by atoms with Crippen LogP contribution in [0.15, 0.2) is 53.0 Å². The molecule has 1 saturated heterocycles. The summed E-state index contributed by atoms with van der Waals surface area (Å²) in [5.74, 6) is 6.79. The van der Waals surface area contributed by atoms with Gasteiger partial charge in [0.15, 0.2) is 0 Å². The number of likely N-dealkylation sites (tertiary alicyclic amines) is 1. The topological polar surface area (TPSA) is 48.3 Å². The van der Waals surface area contributed by atoms with Crippen molar-refractivity contribution in [3.8, 4) is 0 Å². The molecule has 5 heteroatoms. The quantitative estimate of drug-likeness (QED) is 0.401. The lowest BCUT2D eigenvalue weighted by Crippen LogP contribution is -2.50. The smallest absolute Gasteiger partial charge is 0.0646 e. The first-order valence-electron chi connectivity index (χ1n) is 11.3. The van der Waals surface area contributed by atoms with Gasteiger partial charge in [-0.15, -0.1) is 0 Å². The number of aromatic amines is 1. The fraction of sp³-hybridized carbons (Fsp3) is 0.440. The second-order valence-corrected chi connectivity index (χ2v) is 9.79. The molecule has 1 atom stereocenters. The maximum atomic E-state index is 6.79. The predicted molar refractivity (Wildman–Crippen MR) is 127 cm³/mol. The third-order valence-corrected chi connectivity index (χ3v) is 7.53. The molecular formula is C25H31BrN4. The van der Waals surface area contributed by atoms with Crippen molar-refractivity contribution in [2.45, 2.75) is 50.6 Å². The molecule has 1 aromatic heterocycles. The van der Waals surface area contributed by atoms with Gasteiger partial charge in [0.2, 0.25) is 0 Å². The number of nitrogens with two attached hydrogens (primary N) is 1. The molecule has 0 bridgehead atoms. The van der Waals surface area contributed by atoms with Crippen molar-refractivity contribution in [1.82, 2.24) is 14.9 Å². The molecule has 0 radical (unpaired) electrons. The van der Waals surface area contributed by atoms with E-state index in [-0.39, 0.29) is 0 Å². The number of hydrazine groups is 1. The van der Waals surface area contributed by atoms with Gasteiger partial charge in [-0.3, -0.25) is 5.84 Å². The Hall–Kier alpha value is -1.66. The fourth-order valence-corrected chi connectivity index (χ4v) is 5.70. The molecule has 30 heavy (non-hydrogen) atoms. The number of nitrogens with zero attached hydrogens (tertiary/aromatic N) is 2. The molecule has 0 spiro atoms. The molecule has 2 heterocycles. The van der Waals surface area contributed by atoms with Crippen LogP contribution in [0.5, 0.6) is 0 Å². The largest absolute Gasteiger partial charge is 0.357 e. The Labute approximate surface area is 187 Å². The Bertz CT molecular complexity index is 991. The zero-order chi connectivity index (χ0) is 20.5. The standard InChI is InChI=1S/C25H31BrN4/c26-19-9-10-23-22(17-19)21-7-4-8-24(25(21)28-23)30(27)20-12-15-29(16-13-20)14-11-18-5-2-1-3-6-18/h1-3,5-6,9-10,17,20,24,28H,4,7-8,11-16,27H2. The second-order valence-electron chi connectivity index (χ2n) is 8.87. The van der Waals surface area contributed by atoms with Gasteiger partial charge in [-0.2, -0.15) is 0 Å². The zero-order valence-corrected chi connectivity index (χ0v) is 19.1. The van der Waals surface area contributed by atoms with Crippen molar-refractivity contribution in [1.29, 1.82) is 0 Å². The summed E-state index contributed by atoms with van der Waals surface area (Å²) in [6.07, 6.45) is 6.95. The molecule has 0 amide bonds. The Balaban J connectivity index is 1.23. The first kappa shape index (κ1) is 20.3. The number of benzene rings is 2. The van der Waals surface area contributed by atoms with E-state index in [2.05, 4.69) is 79.4 Å². The number of piperidine rings is 1. The van der Waals surface area contributed by atoms with Gasteiger partial charge in [0.25, 0.3) is 0 Å². The van der Waals surface area contributed by atoms with E-state index in [0.29, 0.717) is 12.1 Å². The summed E-state index contributed by atoms with van der Waals surface area (Å²) in [5.41, 5.74) is 5.49. The van der Waals surface area contributed by atoms with Crippen LogP contribution in [-0.2, 0) is 12.8 Å². The van der Waals surface area contributed by atoms with E-state index in [1.807, 2.05) is 0 Å². The molecule has 1 aliphatic heterocycles. The molecule has 2 aromatic carbocycles. The van der Waals surface area contributed by atoms with Gasteiger partial charge in [-0.25, -0.2) is 5.01 Å². The maximum absolute atomic E-state index is 6.79. The molecule has 1 unspecified atom stereocenters. The lowest BCUT2D eigenvalue weighted by atomic mass is 9.90. The van der Waals surface area contributed by atoms with Crippen LogP contribution in [0.3, 0.4) is 0 Å². The number of halogens is 1. The van der Waals surface area contributed by atoms with E-state index in [1.54, 1.807) is 0 Å². The molecule has 1 fully saturated rings. The van der Waals surface area contributed by atoms with Crippen LogP contribution < -0.4 is 5.84 Å². The van der Waals surface area contributed by atoms with Crippen LogP contribution in [-0.4, -0.2) is 40.6 Å². The first-order valence-corrected chi connectivity index (χ1v) is 12.1. The highest BCUT2D eigenvalue weighted by atomic mass is 79.9. The van der Waals surface area contributed by atoms with E-state index in [4.69, 9.17) is 5.84 Å². The molecule has 4 nitrogen and oxygen atoms in total. The highest BCUT2D eigenvalue weighted by Gasteiger charge is 2.33. The fourth-order valence-electron chi connectivity index (χ4n) is 5.34. The Morgan fingerprint density at radius 2 is 1.87 bits per heavy atom. The monoisotopic (exact) mass is 466 g/mol. The average Bonchev–Trinajstić information content (AvgIpc) is 3.16. The lowest BCUT2D eigenvalue weighted by Gasteiger charge is -2.41. The van der Waals surface area contributed by atoms with Gasteiger partial charge in [-0.05, 0) is 80.9 Å². The summed E-state index contributed by atoms with van der Waals surface area (Å²) >= 11 is 3.63. The third kappa shape index (κ3) is 4.09. The number of aryl methyl sites for hydroxylation is 1. The summed E-state index contributed by atoms with van der Waals surface area (Å²) in [4.78, 5) is 6.31. The van der Waals surface area contributed by atoms with Crippen LogP contribution in [0, 0.1) is 0 Å². The molecule has 3 aromatic rings. The Morgan fingerprint density at radius 3 is 2.67 bits per heavy atom. The number of aromatic nitrogens is 1. The van der Waals surface area contributed by atoms with Crippen molar-refractivity contribution in [2.75, 3.05) is 19.6 Å². The predicted octanol–water partition coefficient (Wildman–Crippen LogP) is 5.19. The summed E-state index contributed by atoms with van der Waals surface area (Å²) in [6.45, 7) is 3.43. The van der Waals surface area contributed by atoms with Crippen LogP contribution in [0.25, 0.3) is 10.9 Å². The number of fused-ring (bicyclic) bond motifs is 3. The van der Waals surface area contributed by atoms with Gasteiger partial charge < -0.3 is 9.88 Å². The minimum atomic E-state index is 0.306. The van der Waals surface area contributed by atoms with Gasteiger partial charge >= 0.3 is 0 Å². The minimum absolute atomic E-state index is 0.306. The SMILES string of the molecule is NN(C1CCN(CCc2ccccc2)CC1)C1CCCc2c1[nH]c1ccc(Br)cc21. The average molecular weight is 467 g/mol. The highest BCUT2D eigenvalue weighted by molar-refractivity contribution is 9.10. The molecule has 3 N–H and O–H groups in total. The number of rotatable bonds is 5. The summed E-state index contributed by atoms with van der Waals surface area (Å²) in [5, 5.41) is 3.55. The lowest BCUT2D eigenvalue weighted by molar-refractivity contribution is 0.0643. The molecular weight excluding hydrogens is 436 g/mol. The van der Waals surface area contributed by atoms with Crippen molar-refractivity contribution < 1.29 is 0 Å². The second kappa shape index (κ2) is 8.83. The van der Waals surface area contributed by atoms with Gasteiger partial charge in [0.05, 0.1) is 6.04 Å². The summed E-state index contributed by atoms with van der Waals surface area (Å²) < 4.78 is 1.14. The van der Waals surface area contributed by atoms with Crippen LogP contribution in [0.1, 0.15) is 48.5 Å². The zero-order valence-electron chi connectivity index (χ0n) is 17.5.